The molecule has 0 spiro atoms. The average molecular weight is 196 g/mol. The second-order valence-electron chi connectivity index (χ2n) is 2.55. The fourth-order valence-electron chi connectivity index (χ4n) is 0.922. The summed E-state index contributed by atoms with van der Waals surface area (Å²) >= 11 is 5.58. The number of halogens is 1. The van der Waals surface area contributed by atoms with Crippen LogP contribution in [0.5, 0.6) is 0 Å². The van der Waals surface area contributed by atoms with Crippen LogP contribution in [-0.4, -0.2) is 25.0 Å². The second kappa shape index (κ2) is 3.10. The highest BCUT2D eigenvalue weighted by Gasteiger charge is 2.01. The average Bonchev–Trinajstić information content (AvgIpc) is 2.52. The summed E-state index contributed by atoms with van der Waals surface area (Å²) in [6.07, 6.45) is 5.06. The quantitative estimate of drug-likeness (QED) is 0.682. The Morgan fingerprint density at radius 3 is 2.85 bits per heavy atom. The fraction of sp³-hybridized carbons (Fsp3) is 0.143. The Bertz CT molecular complexity index is 424. The minimum Gasteiger partial charge on any atom is -0.221 e. The topological polar surface area (TPSA) is 56.5 Å². The van der Waals surface area contributed by atoms with Crippen LogP contribution in [-0.2, 0) is 0 Å². The normalized spacial score (nSPS) is 10.3. The van der Waals surface area contributed by atoms with Gasteiger partial charge in [-0.1, -0.05) is 0 Å². The molecule has 0 saturated heterocycles. The Balaban J connectivity index is 2.46. The summed E-state index contributed by atoms with van der Waals surface area (Å²) in [6, 6.07) is 0. The molecule has 0 aliphatic heterocycles. The molecule has 0 unspecified atom stereocenters. The van der Waals surface area contributed by atoms with E-state index in [1.54, 1.807) is 10.9 Å². The lowest BCUT2D eigenvalue weighted by Crippen LogP contribution is -2.00. The maximum atomic E-state index is 5.58. The summed E-state index contributed by atoms with van der Waals surface area (Å²) < 4.78 is 1.59. The molecule has 0 fully saturated rings. The Kier molecular flexibility index (Phi) is 1.94. The van der Waals surface area contributed by atoms with Gasteiger partial charge in [-0.2, -0.15) is 15.2 Å². The van der Waals surface area contributed by atoms with Gasteiger partial charge >= 0.3 is 0 Å². The van der Waals surface area contributed by atoms with Crippen LogP contribution in [0, 0.1) is 6.92 Å². The van der Waals surface area contributed by atoms with Crippen molar-refractivity contribution in [2.75, 3.05) is 0 Å². The maximum absolute atomic E-state index is 5.58. The van der Waals surface area contributed by atoms with Gasteiger partial charge < -0.3 is 0 Å². The lowest BCUT2D eigenvalue weighted by molar-refractivity contribution is 0.813. The van der Waals surface area contributed by atoms with Crippen molar-refractivity contribution in [3.8, 4) is 5.82 Å². The van der Waals surface area contributed by atoms with E-state index in [2.05, 4.69) is 20.3 Å². The van der Waals surface area contributed by atoms with Crippen molar-refractivity contribution in [2.24, 2.45) is 0 Å². The van der Waals surface area contributed by atoms with Crippen molar-refractivity contribution in [3.63, 3.8) is 0 Å². The Morgan fingerprint density at radius 1 is 1.38 bits per heavy atom. The molecule has 0 aromatic carbocycles. The third-order valence-corrected chi connectivity index (χ3v) is 1.63. The molecule has 0 radical (unpaired) electrons. The number of rotatable bonds is 1. The molecule has 2 rings (SSSR count). The summed E-state index contributed by atoms with van der Waals surface area (Å²) in [5.74, 6) is 0.563. The highest BCUT2D eigenvalue weighted by Crippen LogP contribution is 2.04. The van der Waals surface area contributed by atoms with Gasteiger partial charge in [0.25, 0.3) is 0 Å². The van der Waals surface area contributed by atoms with Gasteiger partial charge in [-0.15, -0.1) is 5.10 Å². The largest absolute Gasteiger partial charge is 0.244 e. The number of hydrogen-bond donors (Lipinski definition) is 0. The summed E-state index contributed by atoms with van der Waals surface area (Å²) in [4.78, 5) is 3.95. The van der Waals surface area contributed by atoms with Crippen LogP contribution in [0.25, 0.3) is 5.82 Å². The first kappa shape index (κ1) is 8.12. The molecule has 0 bridgehead atoms. The Morgan fingerprint density at radius 2 is 2.23 bits per heavy atom. The molecule has 2 heterocycles. The van der Waals surface area contributed by atoms with E-state index in [1.165, 1.54) is 6.20 Å². The smallest absolute Gasteiger partial charge is 0.221 e. The zero-order valence-corrected chi connectivity index (χ0v) is 7.60. The van der Waals surface area contributed by atoms with Crippen molar-refractivity contribution >= 4 is 11.6 Å². The molecule has 0 amide bonds. The van der Waals surface area contributed by atoms with Crippen molar-refractivity contribution in [1.82, 2.24) is 25.0 Å². The van der Waals surface area contributed by atoms with Crippen molar-refractivity contribution in [2.45, 2.75) is 6.92 Å². The Labute approximate surface area is 79.4 Å². The predicted molar refractivity (Wildman–Crippen MR) is 46.7 cm³/mol. The summed E-state index contributed by atoms with van der Waals surface area (Å²) in [6.45, 7) is 1.94. The number of nitrogens with zero attached hydrogens (tertiary/aromatic N) is 5. The van der Waals surface area contributed by atoms with Gasteiger partial charge in [0, 0.05) is 6.20 Å². The summed E-state index contributed by atoms with van der Waals surface area (Å²) in [7, 11) is 0. The molecule has 5 nitrogen and oxygen atoms in total. The van der Waals surface area contributed by atoms with Gasteiger partial charge in [0.1, 0.15) is 0 Å². The molecule has 0 atom stereocenters. The first-order valence-electron chi connectivity index (χ1n) is 3.62. The van der Waals surface area contributed by atoms with Crippen LogP contribution in [0.2, 0.25) is 5.28 Å². The fourth-order valence-corrected chi connectivity index (χ4v) is 1.05. The van der Waals surface area contributed by atoms with E-state index in [9.17, 15) is 0 Å². The summed E-state index contributed by atoms with van der Waals surface area (Å²) in [5.41, 5.74) is 1.05. The van der Waals surface area contributed by atoms with Crippen molar-refractivity contribution in [3.05, 3.63) is 29.4 Å². The molecule has 2 aromatic rings. The van der Waals surface area contributed by atoms with Crippen molar-refractivity contribution < 1.29 is 0 Å². The summed E-state index contributed by atoms with van der Waals surface area (Å²) in [5, 5.41) is 11.4. The van der Waals surface area contributed by atoms with E-state index in [-0.39, 0.29) is 5.28 Å². The SMILES string of the molecule is Cc1cnn(-c2cnnc(Cl)n2)c1. The molecular formula is C7H6ClN5. The lowest BCUT2D eigenvalue weighted by Gasteiger charge is -1.97. The molecule has 2 aromatic heterocycles. The van der Waals surface area contributed by atoms with Gasteiger partial charge in [-0.25, -0.2) is 4.68 Å². The van der Waals surface area contributed by atoms with Gasteiger partial charge in [0.15, 0.2) is 5.82 Å². The maximum Gasteiger partial charge on any atom is 0.244 e. The molecule has 0 aliphatic carbocycles. The highest BCUT2D eigenvalue weighted by atomic mass is 35.5. The third-order valence-electron chi connectivity index (χ3n) is 1.47. The first-order chi connectivity index (χ1) is 6.25. The molecule has 0 saturated carbocycles. The molecule has 13 heavy (non-hydrogen) atoms. The molecule has 6 heteroatoms. The first-order valence-corrected chi connectivity index (χ1v) is 4.00. The predicted octanol–water partition coefficient (Wildman–Crippen LogP) is 1.02. The van der Waals surface area contributed by atoms with Crippen LogP contribution >= 0.6 is 11.6 Å². The highest BCUT2D eigenvalue weighted by molar-refractivity contribution is 6.28. The zero-order valence-electron chi connectivity index (χ0n) is 6.85. The van der Waals surface area contributed by atoms with E-state index >= 15 is 0 Å². The van der Waals surface area contributed by atoms with Gasteiger partial charge in [0.2, 0.25) is 5.28 Å². The van der Waals surface area contributed by atoms with Crippen molar-refractivity contribution in [1.29, 1.82) is 0 Å². The standard InChI is InChI=1S/C7H6ClN5/c1-5-2-10-13(4-5)6-3-9-12-7(8)11-6/h2-4H,1H3. The van der Waals surface area contributed by atoms with Crippen LogP contribution in [0.3, 0.4) is 0 Å². The number of hydrogen-bond acceptors (Lipinski definition) is 4. The minimum absolute atomic E-state index is 0.116. The lowest BCUT2D eigenvalue weighted by atomic mass is 10.4. The van der Waals surface area contributed by atoms with E-state index in [1.807, 2.05) is 13.1 Å². The molecular weight excluding hydrogens is 190 g/mol. The number of aromatic nitrogens is 5. The number of aryl methyl sites for hydroxylation is 1. The van der Waals surface area contributed by atoms with E-state index < -0.39 is 0 Å². The molecule has 0 N–H and O–H groups in total. The monoisotopic (exact) mass is 195 g/mol. The van der Waals surface area contributed by atoms with E-state index in [0.29, 0.717) is 5.82 Å². The second-order valence-corrected chi connectivity index (χ2v) is 2.88. The Hall–Kier alpha value is -1.49. The molecule has 0 aliphatic rings. The third kappa shape index (κ3) is 1.65. The van der Waals surface area contributed by atoms with Crippen LogP contribution in [0.15, 0.2) is 18.6 Å². The van der Waals surface area contributed by atoms with E-state index in [0.717, 1.165) is 5.56 Å². The van der Waals surface area contributed by atoms with E-state index in [4.69, 9.17) is 11.6 Å². The van der Waals surface area contributed by atoms with Crippen LogP contribution in [0.4, 0.5) is 0 Å². The van der Waals surface area contributed by atoms with Gasteiger partial charge in [-0.05, 0) is 24.1 Å². The molecule has 66 valence electrons. The van der Waals surface area contributed by atoms with Crippen LogP contribution in [0.1, 0.15) is 5.56 Å². The van der Waals surface area contributed by atoms with Gasteiger partial charge in [0.05, 0.1) is 12.4 Å². The van der Waals surface area contributed by atoms with Gasteiger partial charge in [-0.3, -0.25) is 0 Å². The zero-order chi connectivity index (χ0) is 9.26. The van der Waals surface area contributed by atoms with Crippen LogP contribution < -0.4 is 0 Å². The minimum atomic E-state index is 0.116.